The van der Waals surface area contributed by atoms with Gasteiger partial charge in [-0.3, -0.25) is 4.79 Å². The molecule has 2 aromatic carbocycles. The van der Waals surface area contributed by atoms with Gasteiger partial charge < -0.3 is 0 Å². The molecule has 0 aliphatic heterocycles. The Kier molecular flexibility index (Phi) is 2.94. The van der Waals surface area contributed by atoms with Gasteiger partial charge in [-0.2, -0.15) is 0 Å². The number of hydrogen-bond acceptors (Lipinski definition) is 3. The third-order valence-electron chi connectivity index (χ3n) is 2.75. The van der Waals surface area contributed by atoms with Gasteiger partial charge >= 0.3 is 0 Å². The maximum absolute atomic E-state index is 11.5. The zero-order valence-corrected chi connectivity index (χ0v) is 11.2. The third kappa shape index (κ3) is 1.85. The van der Waals surface area contributed by atoms with E-state index < -0.39 is 0 Å². The van der Waals surface area contributed by atoms with Crippen LogP contribution in [0, 0.1) is 0 Å². The van der Waals surface area contributed by atoms with Gasteiger partial charge in [-0.05, 0) is 30.0 Å². The van der Waals surface area contributed by atoms with Crippen molar-refractivity contribution in [3.63, 3.8) is 0 Å². The van der Waals surface area contributed by atoms with Crippen molar-refractivity contribution in [3.05, 3.63) is 55.1 Å². The van der Waals surface area contributed by atoms with E-state index in [1.165, 1.54) is 38.0 Å². The highest BCUT2D eigenvalue weighted by molar-refractivity contribution is 8.14. The summed E-state index contributed by atoms with van der Waals surface area (Å²) < 4.78 is 2.44. The molecular formula is C15H10OS2. The van der Waals surface area contributed by atoms with Crippen molar-refractivity contribution in [2.45, 2.75) is 4.90 Å². The SMILES string of the molecule is C=CC(=O)Sc1cccc2c1sc1ccccc12. The molecule has 0 N–H and O–H groups in total. The monoisotopic (exact) mass is 270 g/mol. The largest absolute Gasteiger partial charge is 0.282 e. The summed E-state index contributed by atoms with van der Waals surface area (Å²) in [7, 11) is 0. The molecule has 3 rings (SSSR count). The maximum atomic E-state index is 11.5. The van der Waals surface area contributed by atoms with Crippen molar-refractivity contribution in [3.8, 4) is 0 Å². The predicted molar refractivity (Wildman–Crippen MR) is 80.4 cm³/mol. The fraction of sp³-hybridized carbons (Fsp3) is 0. The van der Waals surface area contributed by atoms with Crippen molar-refractivity contribution in [2.24, 2.45) is 0 Å². The first-order valence-electron chi connectivity index (χ1n) is 5.54. The molecule has 0 spiro atoms. The Bertz CT molecular complexity index is 755. The molecule has 0 radical (unpaired) electrons. The summed E-state index contributed by atoms with van der Waals surface area (Å²) in [5.41, 5.74) is 0. The van der Waals surface area contributed by atoms with Crippen LogP contribution < -0.4 is 0 Å². The fourth-order valence-corrected chi connectivity index (χ4v) is 3.96. The molecule has 3 aromatic rings. The molecule has 1 nitrogen and oxygen atoms in total. The summed E-state index contributed by atoms with van der Waals surface area (Å²) in [4.78, 5) is 12.5. The van der Waals surface area contributed by atoms with E-state index in [1.807, 2.05) is 24.3 Å². The molecule has 88 valence electrons. The Morgan fingerprint density at radius 1 is 1.11 bits per heavy atom. The van der Waals surface area contributed by atoms with E-state index in [-0.39, 0.29) is 5.12 Å². The summed E-state index contributed by atoms with van der Waals surface area (Å²) in [5.74, 6) is 0. The van der Waals surface area contributed by atoms with E-state index in [9.17, 15) is 4.79 Å². The second-order valence-corrected chi connectivity index (χ2v) is 5.95. The Hall–Kier alpha value is -1.58. The van der Waals surface area contributed by atoms with Gasteiger partial charge in [-0.1, -0.05) is 36.9 Å². The smallest absolute Gasteiger partial charge is 0.216 e. The molecule has 0 fully saturated rings. The van der Waals surface area contributed by atoms with Crippen LogP contribution in [0.25, 0.3) is 20.2 Å². The fourth-order valence-electron chi connectivity index (χ4n) is 1.95. The van der Waals surface area contributed by atoms with Crippen molar-refractivity contribution in [1.82, 2.24) is 0 Å². The average molecular weight is 270 g/mol. The molecule has 0 aliphatic rings. The normalized spacial score (nSPS) is 10.9. The van der Waals surface area contributed by atoms with E-state index in [1.54, 1.807) is 11.3 Å². The first-order chi connectivity index (χ1) is 8.79. The Labute approximate surface area is 113 Å². The van der Waals surface area contributed by atoms with Crippen molar-refractivity contribution >= 4 is 48.4 Å². The number of fused-ring (bicyclic) bond motifs is 3. The van der Waals surface area contributed by atoms with Gasteiger partial charge in [0.2, 0.25) is 5.12 Å². The molecule has 3 heteroatoms. The lowest BCUT2D eigenvalue weighted by Gasteiger charge is -1.99. The highest BCUT2D eigenvalue weighted by Crippen LogP contribution is 2.39. The standard InChI is InChI=1S/C15H10OS2/c1-2-14(16)17-13-9-5-7-11-10-6-3-4-8-12(10)18-15(11)13/h2-9H,1H2. The molecule has 0 saturated carbocycles. The number of hydrogen-bond donors (Lipinski definition) is 0. The van der Waals surface area contributed by atoms with Gasteiger partial charge in [0.15, 0.2) is 0 Å². The highest BCUT2D eigenvalue weighted by Gasteiger charge is 2.10. The van der Waals surface area contributed by atoms with Crippen LogP contribution in [0.5, 0.6) is 0 Å². The molecule has 0 aliphatic carbocycles. The van der Waals surface area contributed by atoms with Gasteiger partial charge in [0.05, 0.1) is 0 Å². The summed E-state index contributed by atoms with van der Waals surface area (Å²) in [6, 6.07) is 14.4. The summed E-state index contributed by atoms with van der Waals surface area (Å²) in [5, 5.41) is 2.46. The van der Waals surface area contributed by atoms with Crippen LogP contribution in [0.2, 0.25) is 0 Å². The van der Waals surface area contributed by atoms with E-state index in [0.717, 1.165) is 4.90 Å². The molecule has 0 bridgehead atoms. The first kappa shape index (κ1) is 11.5. The number of rotatable bonds is 2. The minimum absolute atomic E-state index is 0.0139. The van der Waals surface area contributed by atoms with Crippen LogP contribution in [0.15, 0.2) is 60.0 Å². The lowest BCUT2D eigenvalue weighted by Crippen LogP contribution is -1.82. The quantitative estimate of drug-likeness (QED) is 0.488. The van der Waals surface area contributed by atoms with E-state index in [2.05, 4.69) is 24.8 Å². The lowest BCUT2D eigenvalue weighted by atomic mass is 10.1. The zero-order chi connectivity index (χ0) is 12.5. The minimum Gasteiger partial charge on any atom is -0.282 e. The van der Waals surface area contributed by atoms with Crippen LogP contribution in [0.4, 0.5) is 0 Å². The molecule has 1 aromatic heterocycles. The number of carbonyl (C=O) groups excluding carboxylic acids is 1. The molecule has 0 amide bonds. The van der Waals surface area contributed by atoms with Crippen LogP contribution >= 0.6 is 23.1 Å². The Morgan fingerprint density at radius 2 is 1.89 bits per heavy atom. The highest BCUT2D eigenvalue weighted by atomic mass is 32.2. The summed E-state index contributed by atoms with van der Waals surface area (Å²) >= 11 is 2.98. The van der Waals surface area contributed by atoms with E-state index >= 15 is 0 Å². The average Bonchev–Trinajstić information content (AvgIpc) is 2.78. The molecule has 1 heterocycles. The van der Waals surface area contributed by atoms with Gasteiger partial charge in [0.25, 0.3) is 0 Å². The zero-order valence-electron chi connectivity index (χ0n) is 9.55. The van der Waals surface area contributed by atoms with Gasteiger partial charge in [-0.25, -0.2) is 0 Å². The van der Waals surface area contributed by atoms with Gasteiger partial charge in [-0.15, -0.1) is 11.3 Å². The molecular weight excluding hydrogens is 260 g/mol. The van der Waals surface area contributed by atoms with Crippen LogP contribution in [0.3, 0.4) is 0 Å². The number of carbonyl (C=O) groups is 1. The second kappa shape index (κ2) is 4.59. The van der Waals surface area contributed by atoms with E-state index in [4.69, 9.17) is 0 Å². The maximum Gasteiger partial charge on any atom is 0.216 e. The van der Waals surface area contributed by atoms with Crippen LogP contribution in [0.1, 0.15) is 0 Å². The van der Waals surface area contributed by atoms with Crippen molar-refractivity contribution in [1.29, 1.82) is 0 Å². The third-order valence-corrected chi connectivity index (χ3v) is 5.02. The van der Waals surface area contributed by atoms with E-state index in [0.29, 0.717) is 0 Å². The number of thioether (sulfide) groups is 1. The van der Waals surface area contributed by atoms with Gasteiger partial charge in [0.1, 0.15) is 0 Å². The predicted octanol–water partition coefficient (Wildman–Crippen LogP) is 4.86. The Morgan fingerprint density at radius 3 is 2.72 bits per heavy atom. The minimum atomic E-state index is -0.0139. The lowest BCUT2D eigenvalue weighted by molar-refractivity contribution is -0.107. The summed E-state index contributed by atoms with van der Waals surface area (Å²) in [6.07, 6.45) is 1.36. The first-order valence-corrected chi connectivity index (χ1v) is 7.17. The van der Waals surface area contributed by atoms with Crippen LogP contribution in [-0.4, -0.2) is 5.12 Å². The van der Waals surface area contributed by atoms with Gasteiger partial charge in [0, 0.05) is 25.1 Å². The summed E-state index contributed by atoms with van der Waals surface area (Å²) in [6.45, 7) is 3.51. The second-order valence-electron chi connectivity index (χ2n) is 3.86. The Balaban J connectivity index is 2.27. The topological polar surface area (TPSA) is 17.1 Å². The molecule has 0 saturated heterocycles. The van der Waals surface area contributed by atoms with Crippen LogP contribution in [-0.2, 0) is 4.79 Å². The van der Waals surface area contributed by atoms with Crippen molar-refractivity contribution < 1.29 is 4.79 Å². The molecule has 0 atom stereocenters. The number of benzene rings is 2. The van der Waals surface area contributed by atoms with Crippen molar-refractivity contribution in [2.75, 3.05) is 0 Å². The number of thiophene rings is 1. The molecule has 18 heavy (non-hydrogen) atoms. The molecule has 0 unspecified atom stereocenters.